The van der Waals surface area contributed by atoms with E-state index in [0.29, 0.717) is 6.61 Å². The van der Waals surface area contributed by atoms with Gasteiger partial charge in [-0.2, -0.15) is 4.73 Å². The molecule has 0 amide bonds. The molecule has 1 N–H and O–H groups in total. The molecule has 3 heteroatoms. The van der Waals surface area contributed by atoms with Crippen LogP contribution in [0.5, 0.6) is 5.75 Å². The molecule has 1 aromatic rings. The fourth-order valence-electron chi connectivity index (χ4n) is 0.596. The summed E-state index contributed by atoms with van der Waals surface area (Å²) >= 11 is 0. The van der Waals surface area contributed by atoms with Crippen LogP contribution in [0, 0.1) is 0 Å². The van der Waals surface area contributed by atoms with Crippen molar-refractivity contribution in [2.45, 2.75) is 6.92 Å². The monoisotopic (exact) mass is 127 g/mol. The number of nitrogens with zero attached hydrogens (tertiary/aromatic N) is 1. The summed E-state index contributed by atoms with van der Waals surface area (Å²) < 4.78 is 1.47. The number of hydrogen-bond acceptors (Lipinski definition) is 2. The van der Waals surface area contributed by atoms with Crippen molar-refractivity contribution in [3.05, 3.63) is 18.5 Å². The summed E-state index contributed by atoms with van der Waals surface area (Å²) in [5.74, 6) is 0.225. The van der Waals surface area contributed by atoms with E-state index in [1.807, 2.05) is 6.92 Å². The first-order valence-electron chi connectivity index (χ1n) is 2.83. The molecule has 0 bridgehead atoms. The molecule has 50 valence electrons. The van der Waals surface area contributed by atoms with Crippen LogP contribution >= 0.6 is 0 Å². The zero-order valence-corrected chi connectivity index (χ0v) is 5.24. The lowest BCUT2D eigenvalue weighted by Crippen LogP contribution is -2.06. The Morgan fingerprint density at radius 2 is 2.56 bits per heavy atom. The van der Waals surface area contributed by atoms with Gasteiger partial charge in [0, 0.05) is 12.3 Å². The summed E-state index contributed by atoms with van der Waals surface area (Å²) in [4.78, 5) is 4.98. The summed E-state index contributed by atoms with van der Waals surface area (Å²) in [6.07, 6.45) is 3.16. The Bertz CT molecular complexity index is 183. The zero-order chi connectivity index (χ0) is 6.69. The smallest absolute Gasteiger partial charge is 0.136 e. The lowest BCUT2D eigenvalue weighted by molar-refractivity contribution is 0.122. The molecule has 0 saturated carbocycles. The number of rotatable bonds is 2. The van der Waals surface area contributed by atoms with Gasteiger partial charge in [-0.05, 0) is 6.92 Å². The number of aromatic nitrogens is 1. The second-order valence-corrected chi connectivity index (χ2v) is 1.65. The van der Waals surface area contributed by atoms with Crippen LogP contribution < -0.4 is 4.84 Å². The Morgan fingerprint density at radius 3 is 3.00 bits per heavy atom. The SMILES string of the molecule is CCOn1ccc(O)c1. The Morgan fingerprint density at radius 1 is 1.78 bits per heavy atom. The van der Waals surface area contributed by atoms with E-state index >= 15 is 0 Å². The van der Waals surface area contributed by atoms with E-state index in [4.69, 9.17) is 9.94 Å². The van der Waals surface area contributed by atoms with E-state index in [1.165, 1.54) is 10.9 Å². The minimum Gasteiger partial charge on any atom is -0.506 e. The van der Waals surface area contributed by atoms with Crippen LogP contribution in [-0.2, 0) is 0 Å². The number of aromatic hydroxyl groups is 1. The average Bonchev–Trinajstić information content (AvgIpc) is 2.17. The molecule has 0 saturated heterocycles. The fraction of sp³-hybridized carbons (Fsp3) is 0.333. The van der Waals surface area contributed by atoms with Crippen molar-refractivity contribution >= 4 is 0 Å². The predicted molar refractivity (Wildman–Crippen MR) is 33.2 cm³/mol. The molecule has 0 radical (unpaired) electrons. The molecule has 0 aliphatic carbocycles. The van der Waals surface area contributed by atoms with E-state index in [2.05, 4.69) is 0 Å². The quantitative estimate of drug-likeness (QED) is 0.632. The van der Waals surface area contributed by atoms with Crippen LogP contribution in [0.1, 0.15) is 6.92 Å². The standard InChI is InChI=1S/C6H9NO2/c1-2-9-7-4-3-6(8)5-7/h3-5,8H,2H2,1H3. The second-order valence-electron chi connectivity index (χ2n) is 1.65. The summed E-state index contributed by atoms with van der Waals surface area (Å²) in [6, 6.07) is 1.57. The maximum absolute atomic E-state index is 8.78. The molecule has 1 rings (SSSR count). The van der Waals surface area contributed by atoms with Crippen LogP contribution in [0.15, 0.2) is 18.5 Å². The predicted octanol–water partition coefficient (Wildman–Crippen LogP) is 0.642. The van der Waals surface area contributed by atoms with Crippen molar-refractivity contribution in [3.8, 4) is 5.75 Å². The van der Waals surface area contributed by atoms with Gasteiger partial charge in [0.25, 0.3) is 0 Å². The molecule has 0 aromatic carbocycles. The second kappa shape index (κ2) is 2.44. The van der Waals surface area contributed by atoms with Crippen LogP contribution in [0.25, 0.3) is 0 Å². The van der Waals surface area contributed by atoms with Gasteiger partial charge in [0.05, 0.1) is 6.20 Å². The maximum Gasteiger partial charge on any atom is 0.136 e. The van der Waals surface area contributed by atoms with Gasteiger partial charge in [-0.3, -0.25) is 0 Å². The van der Waals surface area contributed by atoms with E-state index in [1.54, 1.807) is 12.3 Å². The molecule has 0 unspecified atom stereocenters. The topological polar surface area (TPSA) is 34.4 Å². The lowest BCUT2D eigenvalue weighted by Gasteiger charge is -1.99. The molecule has 0 spiro atoms. The van der Waals surface area contributed by atoms with Gasteiger partial charge in [0.2, 0.25) is 0 Å². The zero-order valence-electron chi connectivity index (χ0n) is 5.24. The third kappa shape index (κ3) is 1.38. The van der Waals surface area contributed by atoms with Crippen molar-refractivity contribution in [1.82, 2.24) is 4.73 Å². The maximum atomic E-state index is 8.78. The highest BCUT2D eigenvalue weighted by Gasteiger charge is 1.89. The van der Waals surface area contributed by atoms with Crippen LogP contribution in [-0.4, -0.2) is 16.4 Å². The highest BCUT2D eigenvalue weighted by Crippen LogP contribution is 2.05. The van der Waals surface area contributed by atoms with Crippen molar-refractivity contribution in [2.24, 2.45) is 0 Å². The van der Waals surface area contributed by atoms with Crippen LogP contribution in [0.4, 0.5) is 0 Å². The highest BCUT2D eigenvalue weighted by atomic mass is 16.7. The van der Waals surface area contributed by atoms with Crippen LogP contribution in [0.3, 0.4) is 0 Å². The molecule has 3 nitrogen and oxygen atoms in total. The van der Waals surface area contributed by atoms with E-state index in [-0.39, 0.29) is 5.75 Å². The molecule has 9 heavy (non-hydrogen) atoms. The Kier molecular flexibility index (Phi) is 1.63. The largest absolute Gasteiger partial charge is 0.506 e. The van der Waals surface area contributed by atoms with Gasteiger partial charge in [-0.15, -0.1) is 0 Å². The molecule has 0 atom stereocenters. The summed E-state index contributed by atoms with van der Waals surface area (Å²) in [7, 11) is 0. The van der Waals surface area contributed by atoms with Crippen molar-refractivity contribution in [3.63, 3.8) is 0 Å². The summed E-state index contributed by atoms with van der Waals surface area (Å²) in [5, 5.41) is 8.78. The lowest BCUT2D eigenvalue weighted by atomic mass is 10.6. The minimum absolute atomic E-state index is 0.225. The van der Waals surface area contributed by atoms with E-state index < -0.39 is 0 Å². The Labute approximate surface area is 53.4 Å². The third-order valence-corrected chi connectivity index (χ3v) is 0.930. The van der Waals surface area contributed by atoms with Gasteiger partial charge < -0.3 is 9.94 Å². The average molecular weight is 127 g/mol. The number of hydrogen-bond donors (Lipinski definition) is 1. The first kappa shape index (κ1) is 6.01. The first-order valence-corrected chi connectivity index (χ1v) is 2.83. The molecule has 0 aliphatic heterocycles. The van der Waals surface area contributed by atoms with Crippen molar-refractivity contribution in [1.29, 1.82) is 0 Å². The van der Waals surface area contributed by atoms with Crippen molar-refractivity contribution < 1.29 is 9.94 Å². The fourth-order valence-corrected chi connectivity index (χ4v) is 0.596. The Balaban J connectivity index is 2.61. The Hall–Kier alpha value is -1.12. The van der Waals surface area contributed by atoms with E-state index in [9.17, 15) is 0 Å². The van der Waals surface area contributed by atoms with Gasteiger partial charge in [0.1, 0.15) is 12.4 Å². The van der Waals surface area contributed by atoms with Crippen molar-refractivity contribution in [2.75, 3.05) is 6.61 Å². The first-order chi connectivity index (χ1) is 4.33. The normalized spacial score (nSPS) is 9.44. The molecular formula is C6H9NO2. The third-order valence-electron chi connectivity index (χ3n) is 0.930. The van der Waals surface area contributed by atoms with E-state index in [0.717, 1.165) is 0 Å². The summed E-state index contributed by atoms with van der Waals surface area (Å²) in [6.45, 7) is 2.49. The van der Waals surface area contributed by atoms with Gasteiger partial charge in [-0.1, -0.05) is 0 Å². The summed E-state index contributed by atoms with van der Waals surface area (Å²) in [5.41, 5.74) is 0. The van der Waals surface area contributed by atoms with Gasteiger partial charge in [-0.25, -0.2) is 0 Å². The van der Waals surface area contributed by atoms with Gasteiger partial charge in [0.15, 0.2) is 0 Å². The van der Waals surface area contributed by atoms with Crippen LogP contribution in [0.2, 0.25) is 0 Å². The molecular weight excluding hydrogens is 118 g/mol. The minimum atomic E-state index is 0.225. The molecule has 0 aliphatic rings. The molecule has 1 aromatic heterocycles. The molecule has 1 heterocycles. The highest BCUT2D eigenvalue weighted by molar-refractivity contribution is 5.13. The van der Waals surface area contributed by atoms with Gasteiger partial charge >= 0.3 is 0 Å². The molecule has 0 fully saturated rings.